The molecule has 2 N–H and O–H groups in total. The van der Waals surface area contributed by atoms with Crippen molar-refractivity contribution in [3.05, 3.63) is 23.8 Å². The molecule has 0 aromatic heterocycles. The van der Waals surface area contributed by atoms with Crippen LogP contribution < -0.4 is 20.1 Å². The lowest BCUT2D eigenvalue weighted by molar-refractivity contribution is 0.174. The number of benzene rings is 1. The smallest absolute Gasteiger partial charge is 0.231 e. The number of aliphatic imine (C=N–C) groups is 1. The first-order chi connectivity index (χ1) is 10.7. The maximum Gasteiger partial charge on any atom is 0.231 e. The molecule has 23 heavy (non-hydrogen) atoms. The second-order valence-corrected chi connectivity index (χ2v) is 5.81. The summed E-state index contributed by atoms with van der Waals surface area (Å²) in [6, 6.07) is 6.10. The Morgan fingerprint density at radius 3 is 2.74 bits per heavy atom. The zero-order valence-corrected chi connectivity index (χ0v) is 16.6. The molecule has 6 heteroatoms. The molecule has 1 heterocycles. The first-order valence-electron chi connectivity index (χ1n) is 8.09. The summed E-state index contributed by atoms with van der Waals surface area (Å²) in [6.45, 7) is 9.41. The van der Waals surface area contributed by atoms with Crippen LogP contribution in [-0.2, 0) is 6.42 Å². The molecule has 0 fully saturated rings. The van der Waals surface area contributed by atoms with E-state index in [1.807, 2.05) is 12.1 Å². The summed E-state index contributed by atoms with van der Waals surface area (Å²) in [6.07, 6.45) is 2.03. The van der Waals surface area contributed by atoms with Crippen molar-refractivity contribution in [1.82, 2.24) is 10.6 Å². The zero-order valence-electron chi connectivity index (χ0n) is 14.2. The van der Waals surface area contributed by atoms with Crippen molar-refractivity contribution in [2.75, 3.05) is 26.4 Å². The lowest BCUT2D eigenvalue weighted by Crippen LogP contribution is -2.38. The molecule has 0 bridgehead atoms. The molecule has 0 amide bonds. The average molecular weight is 433 g/mol. The number of nitrogens with zero attached hydrogens (tertiary/aromatic N) is 1. The van der Waals surface area contributed by atoms with Crippen molar-refractivity contribution in [3.8, 4) is 11.5 Å². The van der Waals surface area contributed by atoms with Gasteiger partial charge in [-0.3, -0.25) is 4.99 Å². The van der Waals surface area contributed by atoms with E-state index in [9.17, 15) is 0 Å². The average Bonchev–Trinajstić information content (AvgIpc) is 2.94. The minimum absolute atomic E-state index is 0. The van der Waals surface area contributed by atoms with E-state index in [2.05, 4.69) is 42.5 Å². The number of hydrogen-bond donors (Lipinski definition) is 2. The van der Waals surface area contributed by atoms with Crippen molar-refractivity contribution in [3.63, 3.8) is 0 Å². The normalized spacial score (nSPS) is 13.0. The number of fused-ring (bicyclic) bond motifs is 1. The van der Waals surface area contributed by atoms with E-state index in [0.29, 0.717) is 12.7 Å². The van der Waals surface area contributed by atoms with Gasteiger partial charge in [0.15, 0.2) is 17.5 Å². The summed E-state index contributed by atoms with van der Waals surface area (Å²) in [5, 5.41) is 6.66. The van der Waals surface area contributed by atoms with E-state index in [0.717, 1.165) is 49.9 Å². The molecule has 1 aliphatic heterocycles. The number of ether oxygens (including phenoxy) is 2. The quantitative estimate of drug-likeness (QED) is 0.394. The monoisotopic (exact) mass is 433 g/mol. The second-order valence-electron chi connectivity index (χ2n) is 5.81. The third kappa shape index (κ3) is 6.85. The molecule has 0 aliphatic carbocycles. The second kappa shape index (κ2) is 10.6. The van der Waals surface area contributed by atoms with Crippen LogP contribution in [0.25, 0.3) is 0 Å². The maximum absolute atomic E-state index is 5.40. The Morgan fingerprint density at radius 2 is 2.00 bits per heavy atom. The van der Waals surface area contributed by atoms with Crippen LogP contribution in [-0.4, -0.2) is 32.4 Å². The third-order valence-electron chi connectivity index (χ3n) is 3.46. The van der Waals surface area contributed by atoms with Gasteiger partial charge in [0, 0.05) is 19.6 Å². The van der Waals surface area contributed by atoms with Crippen molar-refractivity contribution in [2.24, 2.45) is 10.9 Å². The van der Waals surface area contributed by atoms with E-state index in [4.69, 9.17) is 9.47 Å². The predicted molar refractivity (Wildman–Crippen MR) is 105 cm³/mol. The Labute approximate surface area is 156 Å². The summed E-state index contributed by atoms with van der Waals surface area (Å²) in [4.78, 5) is 4.59. The van der Waals surface area contributed by atoms with Crippen LogP contribution in [0, 0.1) is 5.92 Å². The Balaban J connectivity index is 0.00000264. The summed E-state index contributed by atoms with van der Waals surface area (Å²) in [7, 11) is 0. The van der Waals surface area contributed by atoms with Gasteiger partial charge >= 0.3 is 0 Å². The fourth-order valence-corrected chi connectivity index (χ4v) is 2.20. The molecular weight excluding hydrogens is 405 g/mol. The maximum atomic E-state index is 5.40. The van der Waals surface area contributed by atoms with Gasteiger partial charge in [-0.15, -0.1) is 24.0 Å². The topological polar surface area (TPSA) is 54.9 Å². The summed E-state index contributed by atoms with van der Waals surface area (Å²) < 4.78 is 10.7. The van der Waals surface area contributed by atoms with Gasteiger partial charge in [0.25, 0.3) is 0 Å². The Hall–Kier alpha value is -1.18. The van der Waals surface area contributed by atoms with Crippen molar-refractivity contribution in [2.45, 2.75) is 33.6 Å². The molecule has 0 saturated heterocycles. The lowest BCUT2D eigenvalue weighted by atomic mass is 10.1. The van der Waals surface area contributed by atoms with Gasteiger partial charge in [0.2, 0.25) is 6.79 Å². The van der Waals surface area contributed by atoms with Gasteiger partial charge in [-0.2, -0.15) is 0 Å². The molecule has 0 unspecified atom stereocenters. The van der Waals surface area contributed by atoms with Crippen LogP contribution >= 0.6 is 24.0 Å². The van der Waals surface area contributed by atoms with Gasteiger partial charge in [-0.1, -0.05) is 19.9 Å². The minimum Gasteiger partial charge on any atom is -0.454 e. The Kier molecular flexibility index (Phi) is 9.13. The van der Waals surface area contributed by atoms with Gasteiger partial charge < -0.3 is 20.1 Å². The van der Waals surface area contributed by atoms with Crippen LogP contribution in [0.2, 0.25) is 0 Å². The van der Waals surface area contributed by atoms with E-state index >= 15 is 0 Å². The molecule has 2 rings (SSSR count). The van der Waals surface area contributed by atoms with Crippen molar-refractivity contribution >= 4 is 29.9 Å². The SMILES string of the molecule is CCNC(=NCCC(C)C)NCCc1ccc2c(c1)OCO2.I. The highest BCUT2D eigenvalue weighted by Gasteiger charge is 2.12. The van der Waals surface area contributed by atoms with Gasteiger partial charge in [0.05, 0.1) is 0 Å². The number of guanidine groups is 1. The summed E-state index contributed by atoms with van der Waals surface area (Å²) in [5.74, 6) is 3.25. The standard InChI is InChI=1S/C17H27N3O2.HI/c1-4-18-17(19-9-7-13(2)3)20-10-8-14-5-6-15-16(11-14)22-12-21-15;/h5-6,11,13H,4,7-10,12H2,1-3H3,(H2,18,19,20);1H. The zero-order chi connectivity index (χ0) is 15.8. The van der Waals surface area contributed by atoms with Gasteiger partial charge in [-0.05, 0) is 43.4 Å². The summed E-state index contributed by atoms with van der Waals surface area (Å²) >= 11 is 0. The van der Waals surface area contributed by atoms with Crippen molar-refractivity contribution in [1.29, 1.82) is 0 Å². The molecule has 1 aliphatic rings. The summed E-state index contributed by atoms with van der Waals surface area (Å²) in [5.41, 5.74) is 1.23. The molecule has 0 spiro atoms. The fourth-order valence-electron chi connectivity index (χ4n) is 2.20. The number of rotatable bonds is 7. The highest BCUT2D eigenvalue weighted by Crippen LogP contribution is 2.32. The lowest BCUT2D eigenvalue weighted by Gasteiger charge is -2.12. The van der Waals surface area contributed by atoms with Crippen LogP contribution in [0.4, 0.5) is 0 Å². The van der Waals surface area contributed by atoms with Crippen LogP contribution in [0.1, 0.15) is 32.8 Å². The Morgan fingerprint density at radius 1 is 1.22 bits per heavy atom. The molecule has 0 radical (unpaired) electrons. The predicted octanol–water partition coefficient (Wildman–Crippen LogP) is 3.18. The highest BCUT2D eigenvalue weighted by molar-refractivity contribution is 14.0. The van der Waals surface area contributed by atoms with E-state index in [1.165, 1.54) is 5.56 Å². The molecule has 0 atom stereocenters. The number of halogens is 1. The minimum atomic E-state index is 0. The molecule has 130 valence electrons. The van der Waals surface area contributed by atoms with Gasteiger partial charge in [-0.25, -0.2) is 0 Å². The largest absolute Gasteiger partial charge is 0.454 e. The van der Waals surface area contributed by atoms with E-state index in [-0.39, 0.29) is 24.0 Å². The van der Waals surface area contributed by atoms with Crippen LogP contribution in [0.5, 0.6) is 11.5 Å². The van der Waals surface area contributed by atoms with Gasteiger partial charge in [0.1, 0.15) is 0 Å². The van der Waals surface area contributed by atoms with Crippen LogP contribution in [0.15, 0.2) is 23.2 Å². The molecular formula is C17H28IN3O2. The first kappa shape index (κ1) is 19.9. The number of nitrogens with one attached hydrogen (secondary N) is 2. The molecule has 1 aromatic rings. The fraction of sp³-hybridized carbons (Fsp3) is 0.588. The molecule has 5 nitrogen and oxygen atoms in total. The third-order valence-corrected chi connectivity index (χ3v) is 3.46. The first-order valence-corrected chi connectivity index (χ1v) is 8.09. The number of hydrogen-bond acceptors (Lipinski definition) is 3. The van der Waals surface area contributed by atoms with E-state index in [1.54, 1.807) is 0 Å². The van der Waals surface area contributed by atoms with Crippen molar-refractivity contribution < 1.29 is 9.47 Å². The highest BCUT2D eigenvalue weighted by atomic mass is 127. The molecule has 1 aromatic carbocycles. The Bertz CT molecular complexity index is 507. The van der Waals surface area contributed by atoms with Crippen LogP contribution in [0.3, 0.4) is 0 Å². The molecule has 0 saturated carbocycles. The van der Waals surface area contributed by atoms with E-state index < -0.39 is 0 Å².